The van der Waals surface area contributed by atoms with Crippen molar-refractivity contribution in [2.45, 2.75) is 51.1 Å². The zero-order valence-corrected chi connectivity index (χ0v) is 65.0. The molecule has 0 saturated heterocycles. The van der Waals surface area contributed by atoms with E-state index in [1.165, 1.54) is 0 Å². The van der Waals surface area contributed by atoms with Gasteiger partial charge in [-0.05, 0) is 6.92 Å². The van der Waals surface area contributed by atoms with Crippen molar-refractivity contribution in [1.29, 1.82) is 0 Å². The Labute approximate surface area is 500 Å². The van der Waals surface area contributed by atoms with Crippen LogP contribution in [0, 0.1) is 0 Å². The van der Waals surface area contributed by atoms with Crippen LogP contribution in [0.3, 0.4) is 0 Å². The minimum absolute atomic E-state index is 0.685. The molecule has 0 N–H and O–H groups in total. The standard InChI is InChI=1S/C15H3Br29/c1-2(16,17)3(18,19)4(20,21)5(22,23)6(24,25)7(26,27)8(28,29)9(30,31)10(32,33)11(34,35)12(36,37)13(38,39)14(40,41)15(42,43)44/h1H3. The molecule has 0 nitrogen and oxygen atoms in total. The average Bonchev–Trinajstić information content (AvgIpc) is 2.75. The zero-order valence-electron chi connectivity index (χ0n) is 19.0. The van der Waals surface area contributed by atoms with Crippen molar-refractivity contribution in [3.8, 4) is 0 Å². The van der Waals surface area contributed by atoms with Gasteiger partial charge in [-0.15, -0.1) is 0 Å². The second-order valence-corrected chi connectivity index (χ2v) is 60.6. The van der Waals surface area contributed by atoms with Crippen LogP contribution in [0.2, 0.25) is 0 Å². The van der Waals surface area contributed by atoms with Gasteiger partial charge in [0.15, 0.2) is 2.14 Å². The highest BCUT2D eigenvalue weighted by Crippen LogP contribution is 2.82. The minimum Gasteiger partial charge on any atom is -0.0704 e. The summed E-state index contributed by atoms with van der Waals surface area (Å²) < 4.78 is -15.1. The second kappa shape index (κ2) is 18.6. The van der Waals surface area contributed by atoms with Crippen molar-refractivity contribution in [2.75, 3.05) is 0 Å². The number of halogens is 29. The molecule has 0 heterocycles. The van der Waals surface area contributed by atoms with Gasteiger partial charge in [0.25, 0.3) is 0 Å². The van der Waals surface area contributed by atoms with Crippen molar-refractivity contribution in [2.24, 2.45) is 0 Å². The predicted octanol–water partition coefficient (Wildman–Crippen LogP) is 22.2. The molecule has 29 heteroatoms. The molecule has 0 bridgehead atoms. The molecule has 266 valence electrons. The maximum Gasteiger partial charge on any atom is 0.162 e. The van der Waals surface area contributed by atoms with Gasteiger partial charge in [-0.2, -0.15) is 0 Å². The van der Waals surface area contributed by atoms with Crippen molar-refractivity contribution in [3.05, 3.63) is 0 Å². The summed E-state index contributed by atoms with van der Waals surface area (Å²) in [5.41, 5.74) is 0. The molecule has 0 aromatic heterocycles. The van der Waals surface area contributed by atoms with E-state index in [1.54, 1.807) is 0 Å². The lowest BCUT2D eigenvalue weighted by Gasteiger charge is -2.61. The van der Waals surface area contributed by atoms with Crippen LogP contribution >= 0.6 is 462 Å². The zero-order chi connectivity index (χ0) is 37.0. The van der Waals surface area contributed by atoms with E-state index in [-0.39, 0.29) is 0 Å². The minimum atomic E-state index is -1.23. The third-order valence-corrected chi connectivity index (χ3v) is 65.9. The quantitative estimate of drug-likeness (QED) is 0.171. The fraction of sp³-hybridized carbons (Fsp3) is 1.00. The van der Waals surface area contributed by atoms with E-state index < -0.39 is 44.2 Å². The van der Waals surface area contributed by atoms with E-state index in [1.807, 2.05) is 6.92 Å². The molecule has 0 aromatic rings. The summed E-state index contributed by atoms with van der Waals surface area (Å²) in [6.07, 6.45) is 0. The molecule has 0 aliphatic heterocycles. The van der Waals surface area contributed by atoms with Gasteiger partial charge in [0.2, 0.25) is 0 Å². The van der Waals surface area contributed by atoms with Crippen molar-refractivity contribution in [1.82, 2.24) is 0 Å². The average molecular weight is 2500 g/mol. The Hall–Kier alpha value is 13.9. The van der Waals surface area contributed by atoms with Crippen LogP contribution in [0.25, 0.3) is 0 Å². The first-order chi connectivity index (χ1) is 18.2. The molecule has 0 aliphatic rings. The molecular formula is C15H3Br29. The number of hydrogen-bond donors (Lipinski definition) is 0. The summed E-state index contributed by atoms with van der Waals surface area (Å²) in [6.45, 7) is 1.93. The molecule has 0 spiro atoms. The number of rotatable bonds is 12. The summed E-state index contributed by atoms with van der Waals surface area (Å²) in [5.74, 6) is 0. The lowest BCUT2D eigenvalue weighted by Crippen LogP contribution is -2.72. The van der Waals surface area contributed by atoms with E-state index in [2.05, 4.69) is 462 Å². The predicted molar refractivity (Wildman–Crippen MR) is 303 cm³/mol. The Kier molecular flexibility index (Phi) is 24.4. The summed E-state index contributed by atoms with van der Waals surface area (Å²) in [7, 11) is 0. The first-order valence-corrected chi connectivity index (χ1v) is 32.2. The number of hydrogen-bond acceptors (Lipinski definition) is 0. The van der Waals surface area contributed by atoms with Crippen LogP contribution in [0.1, 0.15) is 6.92 Å². The van der Waals surface area contributed by atoms with Crippen LogP contribution in [-0.4, -0.2) is 44.2 Å². The third-order valence-electron chi connectivity index (χ3n) is 5.25. The SMILES string of the molecule is CC(Br)(Br)C(Br)(Br)C(Br)(Br)C(Br)(Br)C(Br)(Br)C(Br)(Br)C(Br)(Br)C(Br)(Br)C(Br)(Br)C(Br)(Br)C(Br)(Br)C(Br)(Br)C(Br)(Br)C(Br)(Br)Br. The molecule has 44 heavy (non-hydrogen) atoms. The Morgan fingerprint density at radius 3 is 0.409 bits per heavy atom. The van der Waals surface area contributed by atoms with E-state index in [0.717, 1.165) is 0 Å². The van der Waals surface area contributed by atoms with E-state index in [9.17, 15) is 0 Å². The first kappa shape index (κ1) is 57.9. The Bertz CT molecular complexity index is 964. The molecule has 0 fully saturated rings. The Balaban J connectivity index is 7.52. The molecular weight excluding hydrogens is 2500 g/mol. The van der Waals surface area contributed by atoms with Crippen molar-refractivity contribution >= 4 is 462 Å². The number of alkyl halides is 29. The van der Waals surface area contributed by atoms with Gasteiger partial charge in [0.05, 0.1) is 0 Å². The molecule has 0 amide bonds. The molecule has 0 unspecified atom stereocenters. The van der Waals surface area contributed by atoms with Crippen molar-refractivity contribution < 1.29 is 0 Å². The van der Waals surface area contributed by atoms with E-state index >= 15 is 0 Å². The van der Waals surface area contributed by atoms with Crippen LogP contribution < -0.4 is 0 Å². The van der Waals surface area contributed by atoms with Gasteiger partial charge in [-0.1, -0.05) is 462 Å². The van der Waals surface area contributed by atoms with Gasteiger partial charge in [0.1, 0.15) is 42.0 Å². The van der Waals surface area contributed by atoms with Crippen LogP contribution in [-0.2, 0) is 0 Å². The molecule has 0 aromatic carbocycles. The lowest BCUT2D eigenvalue weighted by atomic mass is 10.0. The van der Waals surface area contributed by atoms with Gasteiger partial charge >= 0.3 is 0 Å². The summed E-state index contributed by atoms with van der Waals surface area (Å²) in [6, 6.07) is 0. The van der Waals surface area contributed by atoms with Gasteiger partial charge in [0, 0.05) is 0 Å². The fourth-order valence-electron chi connectivity index (χ4n) is 2.43. The molecule has 0 radical (unpaired) electrons. The highest BCUT2D eigenvalue weighted by Gasteiger charge is 2.82. The maximum atomic E-state index is 3.99. The Morgan fingerprint density at radius 1 is 0.182 bits per heavy atom. The lowest BCUT2D eigenvalue weighted by molar-refractivity contribution is 0.532. The van der Waals surface area contributed by atoms with Gasteiger partial charge in [-0.25, -0.2) is 0 Å². The normalized spacial score (nSPS) is 17.3. The van der Waals surface area contributed by atoms with Gasteiger partial charge in [-0.3, -0.25) is 0 Å². The first-order valence-electron chi connectivity index (χ1n) is 9.23. The molecule has 0 aliphatic carbocycles. The second-order valence-electron chi connectivity index (χ2n) is 8.28. The highest BCUT2D eigenvalue weighted by molar-refractivity contribution is 9.42. The molecule has 0 saturated carbocycles. The molecule has 0 atom stereocenters. The summed E-state index contributed by atoms with van der Waals surface area (Å²) in [4.78, 5) is 0. The maximum absolute atomic E-state index is 3.99. The van der Waals surface area contributed by atoms with Gasteiger partial charge < -0.3 is 0 Å². The van der Waals surface area contributed by atoms with Crippen LogP contribution in [0.4, 0.5) is 0 Å². The highest BCUT2D eigenvalue weighted by atomic mass is 80.0. The summed E-state index contributed by atoms with van der Waals surface area (Å²) in [5, 5.41) is 0. The Morgan fingerprint density at radius 2 is 0.295 bits per heavy atom. The van der Waals surface area contributed by atoms with Crippen molar-refractivity contribution in [3.63, 3.8) is 0 Å². The largest absolute Gasteiger partial charge is 0.162 e. The molecule has 0 rings (SSSR count). The summed E-state index contributed by atoms with van der Waals surface area (Å²) >= 11 is 112. The monoisotopic (exact) mass is 2470 g/mol. The fourth-order valence-corrected chi connectivity index (χ4v) is 30.5. The smallest absolute Gasteiger partial charge is 0.0704 e. The van der Waals surface area contributed by atoms with E-state index in [0.29, 0.717) is 0 Å². The van der Waals surface area contributed by atoms with Crippen LogP contribution in [0.5, 0.6) is 0 Å². The van der Waals surface area contributed by atoms with E-state index in [4.69, 9.17) is 0 Å². The third kappa shape index (κ3) is 9.84. The topological polar surface area (TPSA) is 0 Å². The van der Waals surface area contributed by atoms with Crippen LogP contribution in [0.15, 0.2) is 0 Å².